The molecule has 0 spiro atoms. The van der Waals surface area contributed by atoms with Gasteiger partial charge in [-0.05, 0) is 79.9 Å². The van der Waals surface area contributed by atoms with Crippen LogP contribution in [0.25, 0.3) is 0 Å². The molecule has 0 aliphatic carbocycles. The van der Waals surface area contributed by atoms with E-state index >= 15 is 0 Å². The first-order valence-electron chi connectivity index (χ1n) is 13.4. The number of nitrogens with zero attached hydrogens (tertiary/aromatic N) is 3. The van der Waals surface area contributed by atoms with Crippen LogP contribution in [0.4, 0.5) is 5.69 Å². The van der Waals surface area contributed by atoms with Gasteiger partial charge in [-0.25, -0.2) is 9.97 Å². The summed E-state index contributed by atoms with van der Waals surface area (Å²) in [6.45, 7) is 6.09. The first kappa shape index (κ1) is 28.9. The molecule has 4 aromatic rings. The van der Waals surface area contributed by atoms with Gasteiger partial charge in [0.2, 0.25) is 12.7 Å². The molecule has 1 aliphatic rings. The number of benzene rings is 3. The third-order valence-electron chi connectivity index (χ3n) is 6.84. The lowest BCUT2D eigenvalue weighted by Crippen LogP contribution is -2.42. The van der Waals surface area contributed by atoms with Crippen molar-refractivity contribution in [3.63, 3.8) is 0 Å². The number of fused-ring (bicyclic) bond motifs is 1. The first-order chi connectivity index (χ1) is 20.3. The van der Waals surface area contributed by atoms with Gasteiger partial charge in [0.25, 0.3) is 5.91 Å². The summed E-state index contributed by atoms with van der Waals surface area (Å²) in [6, 6.07) is 21.1. The fourth-order valence-electron chi connectivity index (χ4n) is 4.70. The normalized spacial score (nSPS) is 12.5. The number of ether oxygens (including phenoxy) is 3. The summed E-state index contributed by atoms with van der Waals surface area (Å²) in [4.78, 5) is 38.8. The van der Waals surface area contributed by atoms with E-state index in [1.807, 2.05) is 51.1 Å². The number of rotatable bonds is 10. The van der Waals surface area contributed by atoms with Gasteiger partial charge in [0.05, 0.1) is 12.9 Å². The zero-order valence-corrected chi connectivity index (χ0v) is 24.7. The Hall–Kier alpha value is -4.57. The second kappa shape index (κ2) is 12.9. The van der Waals surface area contributed by atoms with Crippen LogP contribution in [0.15, 0.2) is 78.0 Å². The highest BCUT2D eigenvalue weighted by Crippen LogP contribution is 2.37. The van der Waals surface area contributed by atoms with Crippen molar-refractivity contribution in [3.05, 3.63) is 101 Å². The van der Waals surface area contributed by atoms with Gasteiger partial charge in [-0.1, -0.05) is 42.1 Å². The van der Waals surface area contributed by atoms with Gasteiger partial charge in [-0.3, -0.25) is 9.59 Å². The van der Waals surface area contributed by atoms with Crippen molar-refractivity contribution in [3.8, 4) is 17.2 Å². The van der Waals surface area contributed by atoms with E-state index in [4.69, 9.17) is 14.2 Å². The topological polar surface area (TPSA) is 103 Å². The highest BCUT2D eigenvalue weighted by Gasteiger charge is 2.33. The molecular weight excluding hydrogens is 552 g/mol. The van der Waals surface area contributed by atoms with E-state index in [0.29, 0.717) is 33.7 Å². The van der Waals surface area contributed by atoms with E-state index in [1.165, 1.54) is 11.8 Å². The average Bonchev–Trinajstić information content (AvgIpc) is 3.45. The summed E-state index contributed by atoms with van der Waals surface area (Å²) in [7, 11) is 1.58. The molecular formula is C32H32N4O5S. The van der Waals surface area contributed by atoms with Crippen molar-refractivity contribution in [1.82, 2.24) is 14.9 Å². The van der Waals surface area contributed by atoms with Gasteiger partial charge >= 0.3 is 0 Å². The van der Waals surface area contributed by atoms with Crippen LogP contribution in [-0.2, 0) is 16.1 Å². The van der Waals surface area contributed by atoms with E-state index < -0.39 is 6.04 Å². The van der Waals surface area contributed by atoms with Crippen molar-refractivity contribution >= 4 is 29.3 Å². The fraction of sp³-hybridized carbons (Fsp3) is 0.250. The SMILES string of the molecule is COc1ccc(NC(=O)[C@H](c2ccc3c(c2)OCO3)N(Cc2ccccc2C)C(=O)CSc2nc(C)cc(C)n2)cc1. The minimum atomic E-state index is -0.977. The molecule has 3 aromatic carbocycles. The van der Waals surface area contributed by atoms with E-state index in [0.717, 1.165) is 22.5 Å². The molecule has 42 heavy (non-hydrogen) atoms. The van der Waals surface area contributed by atoms with Gasteiger partial charge in [-0.15, -0.1) is 0 Å². The number of amides is 2. The maximum Gasteiger partial charge on any atom is 0.251 e. The summed E-state index contributed by atoms with van der Waals surface area (Å²) < 4.78 is 16.4. The number of aromatic nitrogens is 2. The highest BCUT2D eigenvalue weighted by atomic mass is 32.2. The molecule has 0 unspecified atom stereocenters. The Balaban J connectivity index is 1.52. The maximum absolute atomic E-state index is 14.1. The van der Waals surface area contributed by atoms with Gasteiger partial charge in [0.15, 0.2) is 16.7 Å². The van der Waals surface area contributed by atoms with E-state index in [-0.39, 0.29) is 30.9 Å². The van der Waals surface area contributed by atoms with E-state index in [9.17, 15) is 9.59 Å². The van der Waals surface area contributed by atoms with Crippen LogP contribution < -0.4 is 19.5 Å². The second-order valence-corrected chi connectivity index (χ2v) is 10.8. The smallest absolute Gasteiger partial charge is 0.251 e. The Morgan fingerprint density at radius 2 is 1.67 bits per heavy atom. The average molecular weight is 585 g/mol. The first-order valence-corrected chi connectivity index (χ1v) is 14.4. The molecule has 0 bridgehead atoms. The standard InChI is InChI=1S/C32H32N4O5S/c1-20-7-5-6-8-24(20)17-36(29(37)18-42-32-33-21(2)15-22(3)34-32)30(23-9-14-27-28(16-23)41-19-40-27)31(38)35-25-10-12-26(39-4)13-11-25/h5-16,30H,17-19H2,1-4H3,(H,35,38)/t30-/m0/s1. The predicted molar refractivity (Wildman–Crippen MR) is 161 cm³/mol. The van der Waals surface area contributed by atoms with Crippen molar-refractivity contribution in [2.45, 2.75) is 38.5 Å². The number of anilines is 1. The summed E-state index contributed by atoms with van der Waals surface area (Å²) >= 11 is 1.25. The predicted octanol–water partition coefficient (Wildman–Crippen LogP) is 5.64. The molecule has 216 valence electrons. The number of methoxy groups -OCH3 is 1. The summed E-state index contributed by atoms with van der Waals surface area (Å²) in [5.41, 5.74) is 4.77. The second-order valence-electron chi connectivity index (χ2n) is 9.90. The zero-order chi connectivity index (χ0) is 29.6. The lowest BCUT2D eigenvalue weighted by atomic mass is 10.0. The van der Waals surface area contributed by atoms with Gasteiger partial charge in [0, 0.05) is 23.6 Å². The van der Waals surface area contributed by atoms with Crippen molar-refractivity contribution in [2.75, 3.05) is 25.0 Å². The molecule has 9 nitrogen and oxygen atoms in total. The number of thioether (sulfide) groups is 1. The molecule has 0 fully saturated rings. The zero-order valence-electron chi connectivity index (χ0n) is 23.9. The van der Waals surface area contributed by atoms with Crippen LogP contribution >= 0.6 is 11.8 Å². The Bertz CT molecular complexity index is 1570. The Morgan fingerprint density at radius 1 is 0.952 bits per heavy atom. The molecule has 1 N–H and O–H groups in total. The molecule has 10 heteroatoms. The van der Waals surface area contributed by atoms with Crippen molar-refractivity contribution in [1.29, 1.82) is 0 Å². The van der Waals surface area contributed by atoms with Crippen LogP contribution in [0.1, 0.15) is 34.1 Å². The third-order valence-corrected chi connectivity index (χ3v) is 7.67. The van der Waals surface area contributed by atoms with Crippen molar-refractivity contribution in [2.24, 2.45) is 0 Å². The molecule has 0 radical (unpaired) electrons. The van der Waals surface area contributed by atoms with Gasteiger partial charge in [-0.2, -0.15) is 0 Å². The fourth-order valence-corrected chi connectivity index (χ4v) is 5.54. The molecule has 0 saturated heterocycles. The van der Waals surface area contributed by atoms with Crippen molar-refractivity contribution < 1.29 is 23.8 Å². The number of nitrogens with one attached hydrogen (secondary N) is 1. The van der Waals surface area contributed by atoms with Gasteiger partial charge < -0.3 is 24.4 Å². The number of hydrogen-bond donors (Lipinski definition) is 1. The summed E-state index contributed by atoms with van der Waals surface area (Å²) in [6.07, 6.45) is 0. The largest absolute Gasteiger partial charge is 0.497 e. The third kappa shape index (κ3) is 6.83. The molecule has 1 atom stereocenters. The number of hydrogen-bond acceptors (Lipinski definition) is 8. The monoisotopic (exact) mass is 584 g/mol. The van der Waals surface area contributed by atoms with Crippen LogP contribution in [-0.4, -0.2) is 46.3 Å². The maximum atomic E-state index is 14.1. The quantitative estimate of drug-likeness (QED) is 0.189. The lowest BCUT2D eigenvalue weighted by Gasteiger charge is -2.32. The van der Waals surface area contributed by atoms with Crippen LogP contribution in [0.5, 0.6) is 17.2 Å². The Labute approximate surface area is 249 Å². The molecule has 1 aliphatic heterocycles. The molecule has 2 amide bonds. The Morgan fingerprint density at radius 3 is 2.38 bits per heavy atom. The van der Waals surface area contributed by atoms with Gasteiger partial charge in [0.1, 0.15) is 11.8 Å². The molecule has 5 rings (SSSR count). The Kier molecular flexibility index (Phi) is 8.92. The minimum Gasteiger partial charge on any atom is -0.497 e. The number of carbonyl (C=O) groups excluding carboxylic acids is 2. The van der Waals surface area contributed by atoms with Crippen LogP contribution in [0.3, 0.4) is 0 Å². The summed E-state index contributed by atoms with van der Waals surface area (Å²) in [5.74, 6) is 1.23. The molecule has 0 saturated carbocycles. The summed E-state index contributed by atoms with van der Waals surface area (Å²) in [5, 5.41) is 3.51. The highest BCUT2D eigenvalue weighted by molar-refractivity contribution is 7.99. The van der Waals surface area contributed by atoms with E-state index in [1.54, 1.807) is 54.5 Å². The van der Waals surface area contributed by atoms with E-state index in [2.05, 4.69) is 15.3 Å². The molecule has 2 heterocycles. The number of carbonyl (C=O) groups is 2. The lowest BCUT2D eigenvalue weighted by molar-refractivity contribution is -0.137. The van der Waals surface area contributed by atoms with Crippen LogP contribution in [0.2, 0.25) is 0 Å². The minimum absolute atomic E-state index is 0.0473. The molecule has 1 aromatic heterocycles. The van der Waals surface area contributed by atoms with Crippen LogP contribution in [0, 0.1) is 20.8 Å². The number of aryl methyl sites for hydroxylation is 3.